The molecule has 0 spiro atoms. The van der Waals surface area contributed by atoms with Gasteiger partial charge < -0.3 is 0 Å². The molecule has 0 nitrogen and oxygen atoms in total. The van der Waals surface area contributed by atoms with Gasteiger partial charge in [0, 0.05) is 0 Å². The van der Waals surface area contributed by atoms with Gasteiger partial charge in [-0.25, -0.2) is 0 Å². The van der Waals surface area contributed by atoms with Gasteiger partial charge in [0.05, 0.1) is 0 Å². The van der Waals surface area contributed by atoms with E-state index in [1.165, 1.54) is 5.57 Å². The fourth-order valence-electron chi connectivity index (χ4n) is 0.552. The van der Waals surface area contributed by atoms with Crippen LogP contribution in [0.3, 0.4) is 0 Å². The Morgan fingerprint density at radius 3 is 1.91 bits per heavy atom. The molecule has 0 heterocycles. The molecule has 0 saturated heterocycles. The van der Waals surface area contributed by atoms with E-state index in [0.29, 0.717) is 0 Å². The molecular formula is C11H16. The molecule has 0 amide bonds. The molecule has 0 bridgehead atoms. The smallest absolute Gasteiger partial charge is 0.0439 e. The number of hydrogen-bond donors (Lipinski definition) is 0. The molecule has 0 unspecified atom stereocenters. The third-order valence-electron chi connectivity index (χ3n) is 1.07. The Kier molecular flexibility index (Phi) is 6.40. The summed E-state index contributed by atoms with van der Waals surface area (Å²) >= 11 is 0. The maximum atomic E-state index is 2.08. The maximum absolute atomic E-state index is 2.08. The molecule has 0 aliphatic carbocycles. The van der Waals surface area contributed by atoms with E-state index in [2.05, 4.69) is 19.9 Å². The summed E-state index contributed by atoms with van der Waals surface area (Å²) in [5.74, 6) is 0. The van der Waals surface area contributed by atoms with E-state index >= 15 is 0 Å². The molecule has 0 saturated carbocycles. The zero-order chi connectivity index (χ0) is 8.53. The zero-order valence-corrected chi connectivity index (χ0v) is 7.54. The lowest BCUT2D eigenvalue weighted by Gasteiger charge is -1.79. The Morgan fingerprint density at radius 1 is 0.818 bits per heavy atom. The molecule has 0 aromatic carbocycles. The van der Waals surface area contributed by atoms with Crippen molar-refractivity contribution in [3.63, 3.8) is 0 Å². The lowest BCUT2D eigenvalue weighted by molar-refractivity contribution is 1.39. The van der Waals surface area contributed by atoms with E-state index in [-0.39, 0.29) is 0 Å². The molecule has 11 heavy (non-hydrogen) atoms. The third kappa shape index (κ3) is 8.96. The van der Waals surface area contributed by atoms with Crippen LogP contribution in [0.4, 0.5) is 0 Å². The second-order valence-corrected chi connectivity index (χ2v) is 2.54. The summed E-state index contributed by atoms with van der Waals surface area (Å²) in [7, 11) is 0. The van der Waals surface area contributed by atoms with Gasteiger partial charge in [-0.1, -0.05) is 48.1 Å². The first-order valence-corrected chi connectivity index (χ1v) is 3.87. The van der Waals surface area contributed by atoms with Crippen molar-refractivity contribution in [2.45, 2.75) is 20.8 Å². The van der Waals surface area contributed by atoms with Gasteiger partial charge in [-0.2, -0.15) is 0 Å². The van der Waals surface area contributed by atoms with Crippen molar-refractivity contribution in [3.8, 4) is 0 Å². The van der Waals surface area contributed by atoms with Gasteiger partial charge in [0.1, 0.15) is 0 Å². The molecule has 0 heteroatoms. The first kappa shape index (κ1) is 9.96. The first-order valence-electron chi connectivity index (χ1n) is 3.87. The molecule has 0 radical (unpaired) electrons. The van der Waals surface area contributed by atoms with Gasteiger partial charge in [0.25, 0.3) is 0 Å². The summed E-state index contributed by atoms with van der Waals surface area (Å²) in [4.78, 5) is 0. The highest BCUT2D eigenvalue weighted by Gasteiger charge is 1.67. The average molecular weight is 148 g/mol. The van der Waals surface area contributed by atoms with Crippen LogP contribution >= 0.6 is 0 Å². The normalized spacial score (nSPS) is 11.9. The zero-order valence-electron chi connectivity index (χ0n) is 7.54. The van der Waals surface area contributed by atoms with Crippen LogP contribution in [0.5, 0.6) is 0 Å². The fourth-order valence-corrected chi connectivity index (χ4v) is 0.552. The van der Waals surface area contributed by atoms with Crippen molar-refractivity contribution in [1.29, 1.82) is 0 Å². The highest BCUT2D eigenvalue weighted by Crippen LogP contribution is 1.89. The summed E-state index contributed by atoms with van der Waals surface area (Å²) in [5, 5.41) is 0. The standard InChI is InChI=1S/C11H16/c1-4-5-6-7-8-9-10-11(2)3/h4-10H,1-3H3. The van der Waals surface area contributed by atoms with Crippen molar-refractivity contribution in [1.82, 2.24) is 0 Å². The van der Waals surface area contributed by atoms with Crippen LogP contribution in [-0.2, 0) is 0 Å². The van der Waals surface area contributed by atoms with Gasteiger partial charge >= 0.3 is 0 Å². The second-order valence-electron chi connectivity index (χ2n) is 2.54. The second kappa shape index (κ2) is 7.07. The summed E-state index contributed by atoms with van der Waals surface area (Å²) in [6, 6.07) is 0. The Balaban J connectivity index is 3.69. The predicted molar refractivity (Wildman–Crippen MR) is 52.5 cm³/mol. The molecule has 0 atom stereocenters. The molecule has 0 aromatic rings. The number of rotatable bonds is 3. The largest absolute Gasteiger partial charge is 0.0877 e. The Morgan fingerprint density at radius 2 is 1.36 bits per heavy atom. The van der Waals surface area contributed by atoms with Crippen LogP contribution < -0.4 is 0 Å². The van der Waals surface area contributed by atoms with Gasteiger partial charge in [0.15, 0.2) is 0 Å². The fraction of sp³-hybridized carbons (Fsp3) is 0.273. The Labute approximate surface area is 69.6 Å². The summed E-state index contributed by atoms with van der Waals surface area (Å²) < 4.78 is 0. The first-order chi connectivity index (χ1) is 5.27. The van der Waals surface area contributed by atoms with Crippen molar-refractivity contribution >= 4 is 0 Å². The highest BCUT2D eigenvalue weighted by atomic mass is 13.7. The molecule has 0 aliphatic heterocycles. The van der Waals surface area contributed by atoms with Crippen molar-refractivity contribution < 1.29 is 0 Å². The van der Waals surface area contributed by atoms with Crippen molar-refractivity contribution in [2.24, 2.45) is 0 Å². The molecule has 60 valence electrons. The topological polar surface area (TPSA) is 0 Å². The van der Waals surface area contributed by atoms with Crippen molar-refractivity contribution in [2.75, 3.05) is 0 Å². The molecule has 0 fully saturated rings. The number of allylic oxidation sites excluding steroid dienone is 8. The summed E-state index contributed by atoms with van der Waals surface area (Å²) in [5.41, 5.74) is 1.32. The molecule has 0 rings (SSSR count). The Bertz CT molecular complexity index is 186. The number of hydrogen-bond acceptors (Lipinski definition) is 0. The van der Waals surface area contributed by atoms with E-state index in [4.69, 9.17) is 0 Å². The van der Waals surface area contributed by atoms with E-state index in [1.54, 1.807) is 0 Å². The van der Waals surface area contributed by atoms with Crippen LogP contribution in [0.25, 0.3) is 0 Å². The third-order valence-corrected chi connectivity index (χ3v) is 1.07. The Hall–Kier alpha value is -1.04. The van der Waals surface area contributed by atoms with Crippen LogP contribution in [0, 0.1) is 0 Å². The molecular weight excluding hydrogens is 132 g/mol. The summed E-state index contributed by atoms with van der Waals surface area (Å²) in [6.45, 7) is 6.17. The van der Waals surface area contributed by atoms with Gasteiger partial charge in [-0.05, 0) is 20.8 Å². The molecule has 0 N–H and O–H groups in total. The van der Waals surface area contributed by atoms with Gasteiger partial charge in [0.2, 0.25) is 0 Å². The van der Waals surface area contributed by atoms with E-state index in [1.807, 2.05) is 43.4 Å². The maximum Gasteiger partial charge on any atom is -0.0439 e. The van der Waals surface area contributed by atoms with Gasteiger partial charge in [-0.3, -0.25) is 0 Å². The van der Waals surface area contributed by atoms with Crippen LogP contribution in [-0.4, -0.2) is 0 Å². The molecule has 0 aliphatic rings. The van der Waals surface area contributed by atoms with Crippen LogP contribution in [0.1, 0.15) is 20.8 Å². The van der Waals surface area contributed by atoms with E-state index < -0.39 is 0 Å². The van der Waals surface area contributed by atoms with Crippen LogP contribution in [0.15, 0.2) is 48.1 Å². The SMILES string of the molecule is CC=CC=CC=CC=C(C)C. The minimum atomic E-state index is 1.32. The predicted octanol–water partition coefficient (Wildman–Crippen LogP) is 3.64. The lowest BCUT2D eigenvalue weighted by Crippen LogP contribution is -1.57. The average Bonchev–Trinajstić information content (AvgIpc) is 1.96. The summed E-state index contributed by atoms with van der Waals surface area (Å²) in [6.07, 6.45) is 14.2. The minimum absolute atomic E-state index is 1.32. The van der Waals surface area contributed by atoms with E-state index in [0.717, 1.165) is 0 Å². The quantitative estimate of drug-likeness (QED) is 0.536. The minimum Gasteiger partial charge on any atom is -0.0877 e. The molecule has 0 aromatic heterocycles. The lowest BCUT2D eigenvalue weighted by atomic mass is 10.3. The van der Waals surface area contributed by atoms with Crippen molar-refractivity contribution in [3.05, 3.63) is 48.1 Å². The van der Waals surface area contributed by atoms with E-state index in [9.17, 15) is 0 Å². The monoisotopic (exact) mass is 148 g/mol. The van der Waals surface area contributed by atoms with Gasteiger partial charge in [-0.15, -0.1) is 0 Å². The highest BCUT2D eigenvalue weighted by molar-refractivity contribution is 5.16. The van der Waals surface area contributed by atoms with Crippen LogP contribution in [0.2, 0.25) is 0 Å².